The molecule has 0 aliphatic rings. The van der Waals surface area contributed by atoms with Gasteiger partial charge in [0.25, 0.3) is 0 Å². The van der Waals surface area contributed by atoms with E-state index < -0.39 is 11.9 Å². The van der Waals surface area contributed by atoms with E-state index in [-0.39, 0.29) is 11.2 Å². The second-order valence-electron chi connectivity index (χ2n) is 7.93. The lowest BCUT2D eigenvalue weighted by atomic mass is 10.1. The number of ether oxygens (including phenoxy) is 1. The summed E-state index contributed by atoms with van der Waals surface area (Å²) in [4.78, 5) is 36.5. The average molecular weight is 507 g/mol. The number of Topliss-reactive ketones (excluding diaryl/α,β-unsaturated/α-hetero) is 1. The van der Waals surface area contributed by atoms with Crippen molar-refractivity contribution in [1.82, 2.24) is 4.98 Å². The van der Waals surface area contributed by atoms with Crippen molar-refractivity contribution in [3.63, 3.8) is 0 Å². The molecule has 3 aromatic rings. The van der Waals surface area contributed by atoms with E-state index in [0.29, 0.717) is 17.0 Å². The van der Waals surface area contributed by atoms with Crippen molar-refractivity contribution in [3.8, 4) is 0 Å². The molecule has 6 nitrogen and oxygen atoms in total. The molecule has 0 radical (unpaired) electrons. The Bertz CT molecular complexity index is 1240. The van der Waals surface area contributed by atoms with Crippen LogP contribution in [0, 0.1) is 33.6 Å². The standard InChI is InChI=1S/C12H12ClNO.C7H8ClN.C7H12O3/c1-6-4-9(13)5-10-11(6)14-8(3)7(2)12(10)15;1-5-4-6(8)2-3-7(5)9;1-4-10-7(9)5(2)6(3)8/h4-5H,1-3H3,(H,14,15);2-4H,9H2,1H3;5H,4H2,1-3H3. The van der Waals surface area contributed by atoms with Crippen LogP contribution in [0.4, 0.5) is 5.69 Å². The Kier molecular flexibility index (Phi) is 11.3. The highest BCUT2D eigenvalue weighted by atomic mass is 35.5. The van der Waals surface area contributed by atoms with Gasteiger partial charge >= 0.3 is 5.97 Å². The minimum atomic E-state index is -0.611. The molecule has 1 unspecified atom stereocenters. The fourth-order valence-electron chi connectivity index (χ4n) is 2.81. The van der Waals surface area contributed by atoms with Gasteiger partial charge in [-0.25, -0.2) is 0 Å². The lowest BCUT2D eigenvalue weighted by Crippen LogP contribution is -2.20. The highest BCUT2D eigenvalue weighted by Crippen LogP contribution is 2.20. The summed E-state index contributed by atoms with van der Waals surface area (Å²) in [5.41, 5.74) is 11.0. The van der Waals surface area contributed by atoms with Gasteiger partial charge < -0.3 is 15.5 Å². The molecule has 0 bridgehead atoms. The van der Waals surface area contributed by atoms with Crippen LogP contribution in [-0.4, -0.2) is 23.3 Å². The van der Waals surface area contributed by atoms with Gasteiger partial charge in [-0.3, -0.25) is 14.4 Å². The maximum atomic E-state index is 12.0. The summed E-state index contributed by atoms with van der Waals surface area (Å²) in [6.07, 6.45) is 0. The summed E-state index contributed by atoms with van der Waals surface area (Å²) in [6.45, 7) is 12.6. The van der Waals surface area contributed by atoms with E-state index in [0.717, 1.165) is 38.6 Å². The number of nitrogen functional groups attached to an aromatic ring is 1. The molecule has 1 aromatic heterocycles. The Balaban J connectivity index is 0.000000268. The van der Waals surface area contributed by atoms with Crippen molar-refractivity contribution in [1.29, 1.82) is 0 Å². The molecule has 0 saturated heterocycles. The summed E-state index contributed by atoms with van der Waals surface area (Å²) in [7, 11) is 0. The van der Waals surface area contributed by atoms with Crippen molar-refractivity contribution in [3.05, 3.63) is 73.0 Å². The van der Waals surface area contributed by atoms with Gasteiger partial charge in [0.2, 0.25) is 0 Å². The van der Waals surface area contributed by atoms with Crippen molar-refractivity contribution >= 4 is 51.5 Å². The highest BCUT2D eigenvalue weighted by Gasteiger charge is 2.17. The van der Waals surface area contributed by atoms with E-state index in [4.69, 9.17) is 28.9 Å². The number of halogens is 2. The van der Waals surface area contributed by atoms with E-state index in [9.17, 15) is 14.4 Å². The lowest BCUT2D eigenvalue weighted by Gasteiger charge is -2.07. The predicted molar refractivity (Wildman–Crippen MR) is 141 cm³/mol. The number of aryl methyl sites for hydroxylation is 3. The Morgan fingerprint density at radius 1 is 1.03 bits per heavy atom. The number of carbonyl (C=O) groups excluding carboxylic acids is 2. The summed E-state index contributed by atoms with van der Waals surface area (Å²) >= 11 is 11.6. The van der Waals surface area contributed by atoms with Crippen LogP contribution in [0.3, 0.4) is 0 Å². The molecule has 0 saturated carbocycles. The van der Waals surface area contributed by atoms with Crippen LogP contribution in [0.2, 0.25) is 10.0 Å². The number of esters is 1. The van der Waals surface area contributed by atoms with Crippen LogP contribution < -0.4 is 11.2 Å². The normalized spacial score (nSPS) is 11.0. The number of pyridine rings is 1. The zero-order chi connectivity index (χ0) is 26.2. The third-order valence-electron chi connectivity index (χ3n) is 5.24. The first-order chi connectivity index (χ1) is 15.8. The van der Waals surface area contributed by atoms with Gasteiger partial charge in [-0.2, -0.15) is 0 Å². The van der Waals surface area contributed by atoms with Crippen LogP contribution >= 0.6 is 23.2 Å². The van der Waals surface area contributed by atoms with Gasteiger partial charge in [0, 0.05) is 32.4 Å². The van der Waals surface area contributed by atoms with Crippen molar-refractivity contribution in [2.45, 2.75) is 48.5 Å². The number of fused-ring (bicyclic) bond motifs is 1. The van der Waals surface area contributed by atoms with E-state index in [1.165, 1.54) is 6.92 Å². The fraction of sp³-hybridized carbons (Fsp3) is 0.346. The number of carbonyl (C=O) groups is 2. The number of aromatic amines is 1. The topological polar surface area (TPSA) is 102 Å². The zero-order valence-corrected chi connectivity index (χ0v) is 22.1. The van der Waals surface area contributed by atoms with Crippen molar-refractivity contribution in [2.24, 2.45) is 5.92 Å². The number of benzene rings is 2. The first-order valence-corrected chi connectivity index (χ1v) is 11.5. The first-order valence-electron chi connectivity index (χ1n) is 10.8. The largest absolute Gasteiger partial charge is 0.465 e. The van der Waals surface area contributed by atoms with Crippen LogP contribution in [0.1, 0.15) is 43.2 Å². The maximum absolute atomic E-state index is 12.0. The van der Waals surface area contributed by atoms with Gasteiger partial charge in [0.05, 0.1) is 12.1 Å². The smallest absolute Gasteiger partial charge is 0.316 e. The molecule has 184 valence electrons. The van der Waals surface area contributed by atoms with E-state index >= 15 is 0 Å². The molecule has 1 heterocycles. The number of hydrogen-bond donors (Lipinski definition) is 2. The second kappa shape index (κ2) is 13.2. The van der Waals surface area contributed by atoms with Gasteiger partial charge in [-0.1, -0.05) is 23.2 Å². The summed E-state index contributed by atoms with van der Waals surface area (Å²) < 4.78 is 4.61. The number of nitrogens with two attached hydrogens (primary N) is 1. The first kappa shape index (κ1) is 29.2. The molecule has 3 rings (SSSR count). The predicted octanol–water partition coefficient (Wildman–Crippen LogP) is 6.11. The molecule has 0 spiro atoms. The van der Waals surface area contributed by atoms with Crippen LogP contribution in [-0.2, 0) is 14.3 Å². The molecule has 8 heteroatoms. The molecule has 0 aliphatic carbocycles. The summed E-state index contributed by atoms with van der Waals surface area (Å²) in [5.74, 6) is -1.20. The molecule has 0 aliphatic heterocycles. The van der Waals surface area contributed by atoms with Gasteiger partial charge in [0.15, 0.2) is 5.43 Å². The van der Waals surface area contributed by atoms with Gasteiger partial charge in [0.1, 0.15) is 11.7 Å². The lowest BCUT2D eigenvalue weighted by molar-refractivity contribution is -0.150. The fourth-order valence-corrected chi connectivity index (χ4v) is 3.31. The SMILES string of the molecule is CCOC(=O)C(C)C(C)=O.Cc1[nH]c2c(C)cc(Cl)cc2c(=O)c1C.Cc1cc(Cl)ccc1N. The van der Waals surface area contributed by atoms with E-state index in [2.05, 4.69) is 9.72 Å². The van der Waals surface area contributed by atoms with Crippen molar-refractivity contribution in [2.75, 3.05) is 12.3 Å². The summed E-state index contributed by atoms with van der Waals surface area (Å²) in [5, 5.41) is 2.01. The minimum absolute atomic E-state index is 0.0619. The molecule has 1 atom stereocenters. The number of H-pyrrole nitrogens is 1. The van der Waals surface area contributed by atoms with Gasteiger partial charge in [-0.05, 0) is 89.9 Å². The van der Waals surface area contributed by atoms with Crippen LogP contribution in [0.5, 0.6) is 0 Å². The van der Waals surface area contributed by atoms with E-state index in [1.54, 1.807) is 32.0 Å². The Hall–Kier alpha value is -2.83. The minimum Gasteiger partial charge on any atom is -0.465 e. The zero-order valence-electron chi connectivity index (χ0n) is 20.6. The molecule has 2 aromatic carbocycles. The maximum Gasteiger partial charge on any atom is 0.316 e. The number of rotatable bonds is 3. The second-order valence-corrected chi connectivity index (χ2v) is 8.81. The quantitative estimate of drug-likeness (QED) is 0.253. The molecule has 0 fully saturated rings. The van der Waals surface area contributed by atoms with Gasteiger partial charge in [-0.15, -0.1) is 0 Å². The number of hydrogen-bond acceptors (Lipinski definition) is 5. The molecular formula is C26H32Cl2N2O4. The molecular weight excluding hydrogens is 475 g/mol. The average Bonchev–Trinajstić information content (AvgIpc) is 2.76. The Morgan fingerprint density at radius 2 is 1.62 bits per heavy atom. The number of nitrogens with one attached hydrogen (secondary N) is 1. The summed E-state index contributed by atoms with van der Waals surface area (Å²) in [6, 6.07) is 9.00. The number of anilines is 1. The third-order valence-corrected chi connectivity index (χ3v) is 5.70. The highest BCUT2D eigenvalue weighted by molar-refractivity contribution is 6.31. The van der Waals surface area contributed by atoms with Crippen LogP contribution in [0.25, 0.3) is 10.9 Å². The molecule has 34 heavy (non-hydrogen) atoms. The number of aromatic nitrogens is 1. The molecule has 3 N–H and O–H groups in total. The monoisotopic (exact) mass is 506 g/mol. The Morgan fingerprint density at radius 3 is 2.12 bits per heavy atom. The van der Waals surface area contributed by atoms with Crippen LogP contribution in [0.15, 0.2) is 35.1 Å². The Labute approximate surface area is 210 Å². The third kappa shape index (κ3) is 8.19. The molecule has 0 amide bonds. The van der Waals surface area contributed by atoms with Crippen molar-refractivity contribution < 1.29 is 14.3 Å². The number of ketones is 1. The van der Waals surface area contributed by atoms with E-state index in [1.807, 2.05) is 39.8 Å².